The monoisotopic (exact) mass is 473 g/mol. The zero-order valence-corrected chi connectivity index (χ0v) is 19.7. The molecule has 0 bridgehead atoms. The number of likely N-dealkylation sites (tertiary alicyclic amines) is 1. The van der Waals surface area contributed by atoms with Gasteiger partial charge in [0.15, 0.2) is 5.57 Å². The lowest BCUT2D eigenvalue weighted by molar-refractivity contribution is -0.123. The Hall–Kier alpha value is -3.96. The number of aryl methyl sites for hydroxylation is 1. The molecule has 1 aliphatic rings. The van der Waals surface area contributed by atoms with Crippen molar-refractivity contribution in [3.8, 4) is 11.8 Å². The Kier molecular flexibility index (Phi) is 6.75. The summed E-state index contributed by atoms with van der Waals surface area (Å²) in [5, 5.41) is 9.92. The highest BCUT2D eigenvalue weighted by Gasteiger charge is 2.24. The normalized spacial score (nSPS) is 14.6. The van der Waals surface area contributed by atoms with Gasteiger partial charge >= 0.3 is 5.97 Å². The summed E-state index contributed by atoms with van der Waals surface area (Å²) in [6.45, 7) is 3.16. The predicted octanol–water partition coefficient (Wildman–Crippen LogP) is 2.12. The van der Waals surface area contributed by atoms with Crippen LogP contribution in [-0.2, 0) is 9.53 Å². The topological polar surface area (TPSA) is 92.4 Å². The van der Waals surface area contributed by atoms with Gasteiger partial charge in [-0.1, -0.05) is 29.8 Å². The minimum absolute atomic E-state index is 0.0368. The van der Waals surface area contributed by atoms with Gasteiger partial charge in [-0.2, -0.15) is 5.26 Å². The fourth-order valence-electron chi connectivity index (χ4n) is 3.83. The molecule has 1 amide bonds. The predicted molar refractivity (Wildman–Crippen MR) is 130 cm³/mol. The van der Waals surface area contributed by atoms with Crippen LogP contribution in [0.3, 0.4) is 0 Å². The van der Waals surface area contributed by atoms with Gasteiger partial charge in [-0.05, 0) is 55.7 Å². The van der Waals surface area contributed by atoms with Gasteiger partial charge in [0.25, 0.3) is 11.5 Å². The fraction of sp³-hybridized carbons (Fsp3) is 0.231. The van der Waals surface area contributed by atoms with Crippen molar-refractivity contribution in [3.63, 3.8) is 0 Å². The first-order valence-corrected chi connectivity index (χ1v) is 11.7. The van der Waals surface area contributed by atoms with E-state index in [-0.39, 0.29) is 17.0 Å². The van der Waals surface area contributed by atoms with Crippen molar-refractivity contribution >= 4 is 34.9 Å². The van der Waals surface area contributed by atoms with Crippen molar-refractivity contribution in [2.45, 2.75) is 19.8 Å². The molecule has 0 N–H and O–H groups in total. The van der Waals surface area contributed by atoms with E-state index in [4.69, 9.17) is 4.74 Å². The molecule has 4 rings (SSSR count). The minimum atomic E-state index is -0.444. The Morgan fingerprint density at radius 1 is 1.06 bits per heavy atom. The Bertz CT molecular complexity index is 1450. The van der Waals surface area contributed by atoms with Crippen molar-refractivity contribution < 1.29 is 14.3 Å². The third-order valence-electron chi connectivity index (χ3n) is 5.68. The number of methoxy groups -OCH3 is 1. The lowest BCUT2D eigenvalue weighted by Crippen LogP contribution is -2.35. The third kappa shape index (κ3) is 4.56. The number of amides is 1. The molecule has 2 aromatic carbocycles. The Labute approximate surface area is 200 Å². The van der Waals surface area contributed by atoms with E-state index in [9.17, 15) is 19.6 Å². The molecular formula is C26H23N3O4S. The van der Waals surface area contributed by atoms with E-state index in [1.54, 1.807) is 47.4 Å². The molecular weight excluding hydrogens is 450 g/mol. The molecule has 1 aromatic heterocycles. The highest BCUT2D eigenvalue weighted by molar-refractivity contribution is 7.07. The van der Waals surface area contributed by atoms with E-state index in [2.05, 4.69) is 6.07 Å². The van der Waals surface area contributed by atoms with E-state index >= 15 is 0 Å². The Balaban J connectivity index is 1.93. The Morgan fingerprint density at radius 3 is 2.29 bits per heavy atom. The highest BCUT2D eigenvalue weighted by atomic mass is 32.1. The molecule has 2 heterocycles. The molecule has 0 atom stereocenters. The smallest absolute Gasteiger partial charge is 0.337 e. The Morgan fingerprint density at radius 2 is 1.71 bits per heavy atom. The molecule has 0 aliphatic carbocycles. The van der Waals surface area contributed by atoms with Gasteiger partial charge in [0.1, 0.15) is 10.7 Å². The van der Waals surface area contributed by atoms with Crippen LogP contribution in [0, 0.1) is 18.3 Å². The SMILES string of the molecule is COC(=O)c1ccc(C=c2sc(=C(C#N)C(=O)N3CCCC3)n(-c3ccc(C)cc3)c2=O)cc1. The lowest BCUT2D eigenvalue weighted by Gasteiger charge is -2.14. The second kappa shape index (κ2) is 9.89. The van der Waals surface area contributed by atoms with Gasteiger partial charge in [-0.3, -0.25) is 14.2 Å². The molecule has 7 nitrogen and oxygen atoms in total. The van der Waals surface area contributed by atoms with Gasteiger partial charge in [0, 0.05) is 13.1 Å². The van der Waals surface area contributed by atoms with Crippen LogP contribution in [0.4, 0.5) is 0 Å². The molecule has 0 unspecified atom stereocenters. The van der Waals surface area contributed by atoms with Crippen molar-refractivity contribution in [3.05, 3.63) is 84.8 Å². The lowest BCUT2D eigenvalue weighted by atomic mass is 10.1. The van der Waals surface area contributed by atoms with Crippen LogP contribution in [0.15, 0.2) is 53.3 Å². The van der Waals surface area contributed by atoms with Gasteiger partial charge in [-0.15, -0.1) is 11.3 Å². The first-order valence-electron chi connectivity index (χ1n) is 10.9. The zero-order valence-electron chi connectivity index (χ0n) is 18.9. The summed E-state index contributed by atoms with van der Waals surface area (Å²) in [6, 6.07) is 16.1. The van der Waals surface area contributed by atoms with E-state index in [1.807, 2.05) is 19.1 Å². The van der Waals surface area contributed by atoms with Crippen LogP contribution in [0.25, 0.3) is 17.3 Å². The van der Waals surface area contributed by atoms with Gasteiger partial charge in [0.05, 0.1) is 22.9 Å². The van der Waals surface area contributed by atoms with Crippen LogP contribution < -0.4 is 14.8 Å². The number of hydrogen-bond acceptors (Lipinski definition) is 6. The first kappa shape index (κ1) is 23.2. The molecule has 172 valence electrons. The molecule has 1 saturated heterocycles. The second-order valence-electron chi connectivity index (χ2n) is 7.99. The van der Waals surface area contributed by atoms with Crippen LogP contribution >= 0.6 is 11.3 Å². The molecule has 0 radical (unpaired) electrons. The minimum Gasteiger partial charge on any atom is -0.465 e. The van der Waals surface area contributed by atoms with E-state index in [1.165, 1.54) is 11.7 Å². The number of thiazole rings is 1. The van der Waals surface area contributed by atoms with Crippen molar-refractivity contribution in [2.75, 3.05) is 20.2 Å². The summed E-state index contributed by atoms with van der Waals surface area (Å²) in [7, 11) is 1.32. The van der Waals surface area contributed by atoms with E-state index < -0.39 is 5.97 Å². The average Bonchev–Trinajstić information content (AvgIpc) is 3.49. The highest BCUT2D eigenvalue weighted by Crippen LogP contribution is 2.13. The molecule has 34 heavy (non-hydrogen) atoms. The first-order chi connectivity index (χ1) is 16.4. The van der Waals surface area contributed by atoms with Gasteiger partial charge in [-0.25, -0.2) is 4.79 Å². The molecule has 1 aliphatic heterocycles. The number of aromatic nitrogens is 1. The number of rotatable bonds is 4. The summed E-state index contributed by atoms with van der Waals surface area (Å²) in [6.07, 6.45) is 3.50. The average molecular weight is 474 g/mol. The van der Waals surface area contributed by atoms with Gasteiger partial charge < -0.3 is 9.64 Å². The number of hydrogen-bond donors (Lipinski definition) is 0. The van der Waals surface area contributed by atoms with E-state index in [0.717, 1.165) is 29.7 Å². The number of benzene rings is 2. The van der Waals surface area contributed by atoms with E-state index in [0.29, 0.717) is 39.1 Å². The second-order valence-corrected chi connectivity index (χ2v) is 9.02. The summed E-state index contributed by atoms with van der Waals surface area (Å²) in [5.74, 6) is -0.795. The summed E-state index contributed by atoms with van der Waals surface area (Å²) in [5.41, 5.74) is 2.37. The fourth-order valence-corrected chi connectivity index (χ4v) is 4.92. The number of esters is 1. The molecule has 3 aromatic rings. The number of nitrogens with zero attached hydrogens (tertiary/aromatic N) is 3. The molecule has 1 fully saturated rings. The number of nitriles is 1. The quantitative estimate of drug-likeness (QED) is 0.542. The zero-order chi connectivity index (χ0) is 24.2. The molecule has 0 saturated carbocycles. The van der Waals surface area contributed by atoms with Gasteiger partial charge in [0.2, 0.25) is 0 Å². The summed E-state index contributed by atoms with van der Waals surface area (Å²) < 4.78 is 6.85. The van der Waals surface area contributed by atoms with Crippen LogP contribution in [-0.4, -0.2) is 41.5 Å². The van der Waals surface area contributed by atoms with Crippen LogP contribution in [0.1, 0.15) is 34.3 Å². The largest absolute Gasteiger partial charge is 0.465 e. The maximum atomic E-state index is 13.5. The number of ether oxygens (including phenoxy) is 1. The van der Waals surface area contributed by atoms with Crippen molar-refractivity contribution in [1.82, 2.24) is 9.47 Å². The summed E-state index contributed by atoms with van der Waals surface area (Å²) in [4.78, 5) is 40.0. The van der Waals surface area contributed by atoms with Crippen molar-refractivity contribution in [1.29, 1.82) is 5.26 Å². The standard InChI is InChI=1S/C26H23N3O4S/c1-17-5-11-20(12-6-17)29-24(31)22(15-18-7-9-19(10-8-18)26(32)33-2)34-25(29)21(16-27)23(30)28-13-3-4-14-28/h5-12,15H,3-4,13-14H2,1-2H3. The number of carbonyl (C=O) groups excluding carboxylic acids is 2. The molecule has 8 heteroatoms. The molecule has 0 spiro atoms. The van der Waals surface area contributed by atoms with Crippen LogP contribution in [0.2, 0.25) is 0 Å². The van der Waals surface area contributed by atoms with Crippen LogP contribution in [0.5, 0.6) is 0 Å². The van der Waals surface area contributed by atoms with Crippen molar-refractivity contribution in [2.24, 2.45) is 0 Å². The number of carbonyl (C=O) groups is 2. The third-order valence-corrected chi connectivity index (χ3v) is 6.77. The maximum absolute atomic E-state index is 13.5. The summed E-state index contributed by atoms with van der Waals surface area (Å²) >= 11 is 1.11. The maximum Gasteiger partial charge on any atom is 0.337 e.